The molecule has 1 atom stereocenters. The molecule has 0 fully saturated rings. The molecule has 0 radical (unpaired) electrons. The largest absolute Gasteiger partial charge is 0.457 e. The van der Waals surface area contributed by atoms with Crippen LogP contribution in [0.1, 0.15) is 21.5 Å². The van der Waals surface area contributed by atoms with E-state index in [1.54, 1.807) is 48.7 Å². The maximum absolute atomic E-state index is 13.4. The lowest BCUT2D eigenvalue weighted by Crippen LogP contribution is -2.23. The molecular formula is C24H20F2N3O2P. The van der Waals surface area contributed by atoms with Crippen LogP contribution in [-0.2, 0) is 12.2 Å². The van der Waals surface area contributed by atoms with Crippen molar-refractivity contribution in [2.45, 2.75) is 12.2 Å². The van der Waals surface area contributed by atoms with E-state index in [1.165, 1.54) is 33.5 Å². The van der Waals surface area contributed by atoms with Gasteiger partial charge in [-0.1, -0.05) is 27.4 Å². The lowest BCUT2D eigenvalue weighted by Gasteiger charge is -2.13. The summed E-state index contributed by atoms with van der Waals surface area (Å²) in [6.07, 6.45) is 1.59. The van der Waals surface area contributed by atoms with Crippen molar-refractivity contribution >= 4 is 31.7 Å². The monoisotopic (exact) mass is 451 g/mol. The second kappa shape index (κ2) is 8.89. The third kappa shape index (κ3) is 4.84. The van der Waals surface area contributed by atoms with Gasteiger partial charge in [0.05, 0.1) is 0 Å². The van der Waals surface area contributed by atoms with E-state index in [-0.39, 0.29) is 18.0 Å². The van der Waals surface area contributed by atoms with Crippen molar-refractivity contribution in [1.29, 1.82) is 0 Å². The molecule has 0 aliphatic heterocycles. The Hall–Kier alpha value is -3.57. The molecule has 0 spiro atoms. The molecule has 1 amide bonds. The fourth-order valence-electron chi connectivity index (χ4n) is 3.23. The van der Waals surface area contributed by atoms with E-state index in [1.807, 2.05) is 6.07 Å². The highest BCUT2D eigenvalue weighted by Gasteiger charge is 2.24. The van der Waals surface area contributed by atoms with Crippen LogP contribution in [-0.4, -0.2) is 10.9 Å². The van der Waals surface area contributed by atoms with E-state index in [4.69, 9.17) is 10.5 Å². The molecule has 162 valence electrons. The molecule has 4 rings (SSSR count). The summed E-state index contributed by atoms with van der Waals surface area (Å²) in [5, 5.41) is 4.44. The number of nitrogens with zero attached hydrogens (tertiary/aromatic N) is 1. The van der Waals surface area contributed by atoms with Crippen LogP contribution < -0.4 is 15.8 Å². The van der Waals surface area contributed by atoms with E-state index in [0.717, 1.165) is 16.3 Å². The number of carbonyl (C=O) groups excluding carboxylic acids is 1. The molecular weight excluding hydrogens is 431 g/mol. The van der Waals surface area contributed by atoms with Gasteiger partial charge in [-0.05, 0) is 60.0 Å². The maximum Gasteiger partial charge on any atom is 0.283 e. The van der Waals surface area contributed by atoms with Gasteiger partial charge >= 0.3 is 0 Å². The smallest absolute Gasteiger partial charge is 0.283 e. The number of amides is 1. The molecule has 4 aromatic rings. The van der Waals surface area contributed by atoms with Gasteiger partial charge in [-0.2, -0.15) is 8.78 Å². The standard InChI is InChI=1S/C24H20F2N3O2P/c25-24(26,32)18-7-9-19(10-8-18)31-21-5-1-3-15-13-16(6-11-20(15)21)23(30)29-14-17-4-2-12-28-22(17)27/h1-13H,14,32H2,(H2,27,28)(H,29,30). The maximum atomic E-state index is 13.4. The summed E-state index contributed by atoms with van der Waals surface area (Å²) in [5.74, 6) is 1.13. The number of rotatable bonds is 6. The predicted octanol–water partition coefficient (Wildman–Crippen LogP) is 5.46. The van der Waals surface area contributed by atoms with E-state index >= 15 is 0 Å². The van der Waals surface area contributed by atoms with Crippen molar-refractivity contribution in [1.82, 2.24) is 10.3 Å². The highest BCUT2D eigenvalue weighted by atomic mass is 31.0. The molecule has 0 aliphatic rings. The summed E-state index contributed by atoms with van der Waals surface area (Å²) in [5.41, 5.74) is 3.94. The average Bonchev–Trinajstić information content (AvgIpc) is 2.78. The summed E-state index contributed by atoms with van der Waals surface area (Å²) in [7, 11) is 1.51. The van der Waals surface area contributed by atoms with Crippen LogP contribution in [0.5, 0.6) is 11.5 Å². The molecule has 1 aromatic heterocycles. The van der Waals surface area contributed by atoms with E-state index < -0.39 is 5.66 Å². The molecule has 0 saturated heterocycles. The number of pyridine rings is 1. The van der Waals surface area contributed by atoms with Crippen LogP contribution in [0, 0.1) is 0 Å². The van der Waals surface area contributed by atoms with Gasteiger partial charge in [0.2, 0.25) is 0 Å². The molecule has 3 aromatic carbocycles. The van der Waals surface area contributed by atoms with Crippen LogP contribution in [0.4, 0.5) is 14.6 Å². The lowest BCUT2D eigenvalue weighted by molar-refractivity contribution is 0.0950. The Balaban J connectivity index is 1.52. The van der Waals surface area contributed by atoms with Gasteiger partial charge in [0.15, 0.2) is 0 Å². The van der Waals surface area contributed by atoms with Crippen LogP contribution in [0.15, 0.2) is 79.0 Å². The van der Waals surface area contributed by atoms with Gasteiger partial charge in [-0.3, -0.25) is 4.79 Å². The second-order valence-corrected chi connectivity index (χ2v) is 7.90. The molecule has 0 bridgehead atoms. The summed E-state index contributed by atoms with van der Waals surface area (Å²) < 4.78 is 32.7. The molecule has 32 heavy (non-hydrogen) atoms. The summed E-state index contributed by atoms with van der Waals surface area (Å²) in [6, 6.07) is 19.9. The number of alkyl halides is 2. The lowest BCUT2D eigenvalue weighted by atomic mass is 10.1. The highest BCUT2D eigenvalue weighted by molar-refractivity contribution is 7.17. The molecule has 0 aliphatic carbocycles. The summed E-state index contributed by atoms with van der Waals surface area (Å²) in [6.45, 7) is 0.269. The van der Waals surface area contributed by atoms with E-state index in [2.05, 4.69) is 10.3 Å². The van der Waals surface area contributed by atoms with Gasteiger partial charge in [0, 0.05) is 34.8 Å². The number of carbonyl (C=O) groups is 1. The van der Waals surface area contributed by atoms with E-state index in [9.17, 15) is 13.6 Å². The highest BCUT2D eigenvalue weighted by Crippen LogP contribution is 2.36. The van der Waals surface area contributed by atoms with Crippen LogP contribution >= 0.6 is 9.24 Å². The fraction of sp³-hybridized carbons (Fsp3) is 0.0833. The number of aromatic nitrogens is 1. The van der Waals surface area contributed by atoms with Crippen molar-refractivity contribution in [3.63, 3.8) is 0 Å². The Bertz CT molecular complexity index is 1270. The second-order valence-electron chi connectivity index (χ2n) is 7.17. The first-order chi connectivity index (χ1) is 15.3. The van der Waals surface area contributed by atoms with Crippen LogP contribution in [0.25, 0.3) is 10.8 Å². The Labute approximate surface area is 185 Å². The fourth-order valence-corrected chi connectivity index (χ4v) is 3.43. The van der Waals surface area contributed by atoms with Gasteiger partial charge < -0.3 is 15.8 Å². The molecule has 1 unspecified atom stereocenters. The normalized spacial score (nSPS) is 11.3. The first kappa shape index (κ1) is 21.7. The Morgan fingerprint density at radius 2 is 1.84 bits per heavy atom. The topological polar surface area (TPSA) is 77.2 Å². The van der Waals surface area contributed by atoms with Crippen molar-refractivity contribution in [3.05, 3.63) is 95.7 Å². The number of benzene rings is 3. The van der Waals surface area contributed by atoms with Crippen molar-refractivity contribution in [3.8, 4) is 11.5 Å². The zero-order chi connectivity index (χ0) is 22.7. The van der Waals surface area contributed by atoms with Crippen LogP contribution in [0.2, 0.25) is 0 Å². The van der Waals surface area contributed by atoms with Crippen molar-refractivity contribution < 1.29 is 18.3 Å². The Morgan fingerprint density at radius 3 is 2.56 bits per heavy atom. The first-order valence-electron chi connectivity index (χ1n) is 9.77. The predicted molar refractivity (Wildman–Crippen MR) is 124 cm³/mol. The third-order valence-electron chi connectivity index (χ3n) is 4.94. The van der Waals surface area contributed by atoms with Gasteiger partial charge in [-0.25, -0.2) is 4.98 Å². The van der Waals surface area contributed by atoms with Gasteiger partial charge in [-0.15, -0.1) is 0 Å². The first-order valence-corrected chi connectivity index (χ1v) is 10.3. The number of fused-ring (bicyclic) bond motifs is 1. The third-order valence-corrected chi connectivity index (χ3v) is 5.27. The summed E-state index contributed by atoms with van der Waals surface area (Å²) >= 11 is 0. The minimum Gasteiger partial charge on any atom is -0.457 e. The zero-order valence-electron chi connectivity index (χ0n) is 16.9. The molecule has 0 saturated carbocycles. The van der Waals surface area contributed by atoms with Crippen molar-refractivity contribution in [2.24, 2.45) is 0 Å². The number of nitrogens with one attached hydrogen (secondary N) is 1. The number of anilines is 1. The molecule has 3 N–H and O–H groups in total. The number of hydrogen-bond acceptors (Lipinski definition) is 4. The minimum atomic E-state index is -2.99. The van der Waals surface area contributed by atoms with Gasteiger partial charge in [0.1, 0.15) is 17.3 Å². The number of nitrogen functional groups attached to an aromatic ring is 1. The van der Waals surface area contributed by atoms with Crippen LogP contribution in [0.3, 0.4) is 0 Å². The van der Waals surface area contributed by atoms with E-state index in [0.29, 0.717) is 22.9 Å². The van der Waals surface area contributed by atoms with Crippen molar-refractivity contribution in [2.75, 3.05) is 5.73 Å². The van der Waals surface area contributed by atoms with Gasteiger partial charge in [0.25, 0.3) is 11.6 Å². The number of halogens is 2. The SMILES string of the molecule is Nc1ncccc1CNC(=O)c1ccc2c(Oc3ccc(C(F)(F)P)cc3)cccc2c1. The summed E-state index contributed by atoms with van der Waals surface area (Å²) in [4.78, 5) is 16.6. The zero-order valence-corrected chi connectivity index (χ0v) is 18.0. The Morgan fingerprint density at radius 1 is 1.06 bits per heavy atom. The number of nitrogens with two attached hydrogens (primary N) is 1. The quantitative estimate of drug-likeness (QED) is 0.382. The molecule has 1 heterocycles. The number of ether oxygens (including phenoxy) is 1. The Kier molecular flexibility index (Phi) is 6.01. The molecule has 8 heteroatoms. The number of hydrogen-bond donors (Lipinski definition) is 2. The minimum absolute atomic E-state index is 0.114. The molecule has 5 nitrogen and oxygen atoms in total. The average molecular weight is 451 g/mol.